The van der Waals surface area contributed by atoms with Crippen LogP contribution in [0.5, 0.6) is 0 Å². The minimum Gasteiger partial charge on any atom is -0.346 e. The predicted octanol–water partition coefficient (Wildman–Crippen LogP) is 6.87. The third-order valence-corrected chi connectivity index (χ3v) is 10.3. The molecule has 1 unspecified atom stereocenters. The van der Waals surface area contributed by atoms with Crippen molar-refractivity contribution in [3.63, 3.8) is 0 Å². The quantitative estimate of drug-likeness (QED) is 0.0652. The maximum absolute atomic E-state index is 11.6. The van der Waals surface area contributed by atoms with E-state index in [-0.39, 0.29) is 18.9 Å². The van der Waals surface area contributed by atoms with E-state index in [1.54, 1.807) is 18.3 Å². The summed E-state index contributed by atoms with van der Waals surface area (Å²) >= 11 is 0. The fourth-order valence-electron chi connectivity index (χ4n) is 5.92. The van der Waals surface area contributed by atoms with Crippen molar-refractivity contribution in [1.82, 2.24) is 0 Å². The number of ether oxygens (including phenoxy) is 4. The Hall–Kier alpha value is -4.60. The molecule has 0 spiro atoms. The van der Waals surface area contributed by atoms with Crippen LogP contribution in [0.3, 0.4) is 0 Å². The Labute approximate surface area is 286 Å². The van der Waals surface area contributed by atoms with Gasteiger partial charge in [0.2, 0.25) is 0 Å². The molecule has 0 aliphatic carbocycles. The van der Waals surface area contributed by atoms with Crippen molar-refractivity contribution in [2.45, 2.75) is 43.5 Å². The van der Waals surface area contributed by atoms with Crippen molar-refractivity contribution < 1.29 is 28.4 Å². The van der Waals surface area contributed by atoms with Crippen molar-refractivity contribution in [1.29, 1.82) is 0 Å². The van der Waals surface area contributed by atoms with Crippen LogP contribution in [0.1, 0.15) is 23.0 Å². The molecule has 2 saturated heterocycles. The van der Waals surface area contributed by atoms with E-state index in [1.807, 2.05) is 97.1 Å². The summed E-state index contributed by atoms with van der Waals surface area (Å²) in [5.41, 5.74) is 2.40. The number of nitro benzene ring substituents is 1. The molecule has 9 nitrogen and oxygen atoms in total. The van der Waals surface area contributed by atoms with Gasteiger partial charge in [-0.2, -0.15) is 0 Å². The SMILES string of the molecule is O=[N+]([O-])c1cccc(C=N[C@H]2[C@@H](OCc3ccccc3)O[C@@H]3COC(c4ccccc4)O[C@H]3[C@@H]2OP(c2ccccc2)c2ccccc2)c1. The lowest BCUT2D eigenvalue weighted by molar-refractivity contribution is -0.384. The zero-order chi connectivity index (χ0) is 33.4. The van der Waals surface area contributed by atoms with E-state index in [4.69, 9.17) is 28.5 Å². The van der Waals surface area contributed by atoms with Crippen LogP contribution in [0.15, 0.2) is 151 Å². The molecule has 0 N–H and O–H groups in total. The number of benzene rings is 5. The summed E-state index contributed by atoms with van der Waals surface area (Å²) in [6.45, 7) is 0.532. The van der Waals surface area contributed by atoms with E-state index in [0.717, 1.165) is 21.7 Å². The van der Waals surface area contributed by atoms with Gasteiger partial charge in [0, 0.05) is 34.5 Å². The summed E-state index contributed by atoms with van der Waals surface area (Å²) in [6.07, 6.45) is -1.61. The maximum Gasteiger partial charge on any atom is 0.270 e. The lowest BCUT2D eigenvalue weighted by Crippen LogP contribution is -2.62. The zero-order valence-electron chi connectivity index (χ0n) is 26.5. The number of rotatable bonds is 11. The van der Waals surface area contributed by atoms with Gasteiger partial charge in [0.25, 0.3) is 5.69 Å². The Balaban J connectivity index is 1.30. The summed E-state index contributed by atoms with van der Waals surface area (Å²) in [4.78, 5) is 16.2. The number of non-ortho nitro benzene ring substituents is 1. The molecule has 2 heterocycles. The van der Waals surface area contributed by atoms with Crippen LogP contribution in [0.4, 0.5) is 5.69 Å². The van der Waals surface area contributed by atoms with Gasteiger partial charge in [0.1, 0.15) is 24.4 Å². The monoisotopic (exact) mass is 674 g/mol. The van der Waals surface area contributed by atoms with E-state index >= 15 is 0 Å². The molecule has 49 heavy (non-hydrogen) atoms. The molecule has 0 radical (unpaired) electrons. The van der Waals surface area contributed by atoms with Crippen LogP contribution >= 0.6 is 8.15 Å². The molecular weight excluding hydrogens is 639 g/mol. The molecule has 7 rings (SSSR count). The molecule has 0 aromatic heterocycles. The van der Waals surface area contributed by atoms with E-state index < -0.39 is 50.0 Å². The fourth-order valence-corrected chi connectivity index (χ4v) is 7.83. The first-order valence-corrected chi connectivity index (χ1v) is 17.4. The Morgan fingerprint density at radius 1 is 0.796 bits per heavy atom. The summed E-state index contributed by atoms with van der Waals surface area (Å²) in [5.74, 6) is 0. The van der Waals surface area contributed by atoms with Crippen LogP contribution < -0.4 is 10.6 Å². The first-order valence-electron chi connectivity index (χ1n) is 16.1. The summed E-state index contributed by atoms with van der Waals surface area (Å²) in [5, 5.41) is 13.6. The standard InChI is InChI=1S/C39H35N2O7P/c42-41(43)31-19-13-16-29(24-31)25-40-35-37(48-49(32-20-9-3-10-21-32)33-22-11-4-12-23-33)36-34(27-45-38(47-36)30-17-7-2-8-18-30)46-39(35)44-26-28-14-5-1-6-15-28/h1-25,34-39H,26-27H2/t34-,35-,36-,37-,38?,39+/m1/s1. The van der Waals surface area contributed by atoms with Gasteiger partial charge in [-0.15, -0.1) is 0 Å². The normalized spacial score (nSPS) is 23.7. The van der Waals surface area contributed by atoms with Crippen LogP contribution in [0, 0.1) is 10.1 Å². The first kappa shape index (κ1) is 32.9. The molecule has 10 heteroatoms. The summed E-state index contributed by atoms with van der Waals surface area (Å²) in [6, 6.07) is 45.5. The van der Waals surface area contributed by atoms with Gasteiger partial charge in [-0.3, -0.25) is 15.1 Å². The van der Waals surface area contributed by atoms with Crippen LogP contribution in [0.2, 0.25) is 0 Å². The molecular formula is C39H35N2O7P. The highest BCUT2D eigenvalue weighted by Gasteiger charge is 2.52. The van der Waals surface area contributed by atoms with E-state index in [1.165, 1.54) is 12.1 Å². The first-order chi connectivity index (χ1) is 24.1. The molecule has 2 fully saturated rings. The van der Waals surface area contributed by atoms with Crippen molar-refractivity contribution >= 4 is 30.7 Å². The molecule has 5 aromatic carbocycles. The van der Waals surface area contributed by atoms with Crippen molar-refractivity contribution in [3.8, 4) is 0 Å². The van der Waals surface area contributed by atoms with Crippen molar-refractivity contribution in [2.75, 3.05) is 6.61 Å². The van der Waals surface area contributed by atoms with Gasteiger partial charge in [-0.05, 0) is 11.1 Å². The minimum atomic E-state index is -1.35. The van der Waals surface area contributed by atoms with Crippen LogP contribution in [-0.2, 0) is 30.1 Å². The van der Waals surface area contributed by atoms with Crippen molar-refractivity contribution in [2.24, 2.45) is 4.99 Å². The van der Waals surface area contributed by atoms with Crippen LogP contribution in [-0.4, -0.2) is 48.4 Å². The number of hydrogen-bond acceptors (Lipinski definition) is 8. The van der Waals surface area contributed by atoms with Gasteiger partial charge in [0.05, 0.1) is 26.3 Å². The highest BCUT2D eigenvalue weighted by atomic mass is 31.1. The molecule has 0 amide bonds. The van der Waals surface area contributed by atoms with Crippen molar-refractivity contribution in [3.05, 3.63) is 172 Å². The van der Waals surface area contributed by atoms with Gasteiger partial charge in [-0.25, -0.2) is 0 Å². The van der Waals surface area contributed by atoms with Gasteiger partial charge in [0.15, 0.2) is 12.6 Å². The summed E-state index contributed by atoms with van der Waals surface area (Å²) < 4.78 is 33.3. The lowest BCUT2D eigenvalue weighted by Gasteiger charge is -2.48. The third-order valence-electron chi connectivity index (χ3n) is 8.32. The van der Waals surface area contributed by atoms with E-state index in [2.05, 4.69) is 24.3 Å². The molecule has 5 aromatic rings. The highest BCUT2D eigenvalue weighted by molar-refractivity contribution is 7.68. The minimum absolute atomic E-state index is 0.0243. The van der Waals surface area contributed by atoms with E-state index in [9.17, 15) is 10.1 Å². The highest BCUT2D eigenvalue weighted by Crippen LogP contribution is 2.44. The number of aliphatic imine (C=N–C) groups is 1. The third kappa shape index (κ3) is 8.00. The Bertz CT molecular complexity index is 1790. The smallest absolute Gasteiger partial charge is 0.270 e. The second kappa shape index (κ2) is 15.7. The Kier molecular flexibility index (Phi) is 10.6. The summed E-state index contributed by atoms with van der Waals surface area (Å²) in [7, 11) is -1.35. The average Bonchev–Trinajstić information content (AvgIpc) is 3.16. The predicted molar refractivity (Wildman–Crippen MR) is 188 cm³/mol. The zero-order valence-corrected chi connectivity index (χ0v) is 27.4. The van der Waals surface area contributed by atoms with E-state index in [0.29, 0.717) is 5.56 Å². The second-order valence-corrected chi connectivity index (χ2v) is 13.5. The fraction of sp³-hybridized carbons (Fsp3) is 0.205. The molecule has 0 saturated carbocycles. The molecule has 248 valence electrons. The Morgan fingerprint density at radius 2 is 1.43 bits per heavy atom. The van der Waals surface area contributed by atoms with Crippen LogP contribution in [0.25, 0.3) is 0 Å². The molecule has 2 aliphatic rings. The average molecular weight is 675 g/mol. The van der Waals surface area contributed by atoms with Gasteiger partial charge >= 0.3 is 0 Å². The second-order valence-electron chi connectivity index (χ2n) is 11.7. The lowest BCUT2D eigenvalue weighted by atomic mass is 9.96. The number of nitrogens with zero attached hydrogens (tertiary/aromatic N) is 2. The molecule has 2 aliphatic heterocycles. The topological polar surface area (TPSA) is 102 Å². The molecule has 0 bridgehead atoms. The molecule has 6 atom stereocenters. The van der Waals surface area contributed by atoms with Gasteiger partial charge < -0.3 is 23.5 Å². The van der Waals surface area contributed by atoms with Gasteiger partial charge in [-0.1, -0.05) is 133 Å². The maximum atomic E-state index is 11.6. The number of hydrogen-bond donors (Lipinski definition) is 0. The number of fused-ring (bicyclic) bond motifs is 1. The largest absolute Gasteiger partial charge is 0.346 e. The Morgan fingerprint density at radius 3 is 2.08 bits per heavy atom. The number of nitro groups is 1.